The number of ether oxygens (including phenoxy) is 1. The number of carboxylic acid groups (broad SMARTS) is 1. The molecule has 1 aliphatic carbocycles. The van der Waals surface area contributed by atoms with Gasteiger partial charge in [0.25, 0.3) is 0 Å². The maximum atomic E-state index is 10.9. The van der Waals surface area contributed by atoms with E-state index in [1.165, 1.54) is 25.7 Å². The predicted octanol–water partition coefficient (Wildman–Crippen LogP) is 2.88. The van der Waals surface area contributed by atoms with E-state index in [4.69, 9.17) is 9.84 Å². The van der Waals surface area contributed by atoms with E-state index in [1.54, 1.807) is 18.2 Å². The van der Waals surface area contributed by atoms with Gasteiger partial charge in [-0.05, 0) is 42.5 Å². The van der Waals surface area contributed by atoms with Gasteiger partial charge in [0.2, 0.25) is 0 Å². The number of carbonyl (C=O) groups is 1. The third-order valence-corrected chi connectivity index (χ3v) is 3.93. The van der Waals surface area contributed by atoms with Crippen molar-refractivity contribution in [3.63, 3.8) is 0 Å². The zero-order valence-electron chi connectivity index (χ0n) is 9.69. The highest BCUT2D eigenvalue weighted by Gasteiger charge is 2.32. The zero-order chi connectivity index (χ0) is 11.8. The van der Waals surface area contributed by atoms with Gasteiger partial charge in [-0.15, -0.1) is 0 Å². The van der Waals surface area contributed by atoms with Crippen LogP contribution in [0.15, 0.2) is 18.2 Å². The minimum absolute atomic E-state index is 0.275. The fraction of sp³-hybridized carbons (Fsp3) is 0.500. The van der Waals surface area contributed by atoms with Crippen LogP contribution in [-0.2, 0) is 6.42 Å². The van der Waals surface area contributed by atoms with Gasteiger partial charge in [0.05, 0.1) is 5.56 Å². The summed E-state index contributed by atoms with van der Waals surface area (Å²) in [5.74, 6) is 0.680. The van der Waals surface area contributed by atoms with E-state index in [0.29, 0.717) is 11.5 Å². The lowest BCUT2D eigenvalue weighted by atomic mass is 9.96. The van der Waals surface area contributed by atoms with E-state index in [-0.39, 0.29) is 6.10 Å². The molecule has 1 fully saturated rings. The molecule has 1 heterocycles. The summed E-state index contributed by atoms with van der Waals surface area (Å²) in [5.41, 5.74) is 1.42. The fourth-order valence-corrected chi connectivity index (χ4v) is 3.00. The van der Waals surface area contributed by atoms with Gasteiger partial charge < -0.3 is 9.84 Å². The van der Waals surface area contributed by atoms with E-state index in [9.17, 15) is 4.79 Å². The normalized spacial score (nSPS) is 23.4. The van der Waals surface area contributed by atoms with Crippen LogP contribution in [0.4, 0.5) is 0 Å². The van der Waals surface area contributed by atoms with Crippen LogP contribution in [-0.4, -0.2) is 17.2 Å². The zero-order valence-corrected chi connectivity index (χ0v) is 9.69. The Labute approximate surface area is 100 Å². The molecular formula is C14H16O3. The largest absolute Gasteiger partial charge is 0.490 e. The quantitative estimate of drug-likeness (QED) is 0.852. The van der Waals surface area contributed by atoms with E-state index in [1.807, 2.05) is 0 Å². The maximum Gasteiger partial charge on any atom is 0.335 e. The number of fused-ring (bicyclic) bond motifs is 1. The van der Waals surface area contributed by atoms with Crippen molar-refractivity contribution >= 4 is 5.97 Å². The second kappa shape index (κ2) is 4.06. The molecule has 1 saturated carbocycles. The van der Waals surface area contributed by atoms with Crippen LogP contribution < -0.4 is 4.74 Å². The first kappa shape index (κ1) is 10.6. The van der Waals surface area contributed by atoms with Gasteiger partial charge in [0.15, 0.2) is 0 Å². The first-order chi connectivity index (χ1) is 8.24. The van der Waals surface area contributed by atoms with Crippen molar-refractivity contribution in [3.8, 4) is 5.75 Å². The first-order valence-electron chi connectivity index (χ1n) is 6.27. The molecule has 1 aromatic carbocycles. The highest BCUT2D eigenvalue weighted by atomic mass is 16.5. The van der Waals surface area contributed by atoms with E-state index in [0.717, 1.165) is 17.7 Å². The Bertz CT molecular complexity index is 447. The van der Waals surface area contributed by atoms with Gasteiger partial charge >= 0.3 is 5.97 Å². The molecule has 0 spiro atoms. The number of carboxylic acids is 1. The van der Waals surface area contributed by atoms with Gasteiger partial charge in [-0.1, -0.05) is 12.8 Å². The van der Waals surface area contributed by atoms with E-state index in [2.05, 4.69) is 0 Å². The molecule has 17 heavy (non-hydrogen) atoms. The first-order valence-corrected chi connectivity index (χ1v) is 6.27. The molecule has 1 atom stereocenters. The average molecular weight is 232 g/mol. The van der Waals surface area contributed by atoms with Crippen LogP contribution in [0.25, 0.3) is 0 Å². The third-order valence-electron chi connectivity index (χ3n) is 3.93. The Balaban J connectivity index is 1.80. The Hall–Kier alpha value is -1.51. The van der Waals surface area contributed by atoms with Crippen molar-refractivity contribution in [3.05, 3.63) is 29.3 Å². The minimum atomic E-state index is -0.864. The highest BCUT2D eigenvalue weighted by molar-refractivity contribution is 5.88. The van der Waals surface area contributed by atoms with Crippen molar-refractivity contribution < 1.29 is 14.6 Å². The number of rotatable bonds is 2. The number of hydrogen-bond acceptors (Lipinski definition) is 2. The van der Waals surface area contributed by atoms with Gasteiger partial charge in [-0.2, -0.15) is 0 Å². The third kappa shape index (κ3) is 1.90. The summed E-state index contributed by atoms with van der Waals surface area (Å²) in [7, 11) is 0. The van der Waals surface area contributed by atoms with Crippen LogP contribution in [0, 0.1) is 5.92 Å². The average Bonchev–Trinajstić information content (AvgIpc) is 2.96. The van der Waals surface area contributed by atoms with Crippen molar-refractivity contribution in [2.24, 2.45) is 5.92 Å². The van der Waals surface area contributed by atoms with Crippen LogP contribution >= 0.6 is 0 Å². The number of hydrogen-bond donors (Lipinski definition) is 1. The van der Waals surface area contributed by atoms with Gasteiger partial charge in [-0.25, -0.2) is 4.79 Å². The Morgan fingerprint density at radius 2 is 2.06 bits per heavy atom. The van der Waals surface area contributed by atoms with Gasteiger partial charge in [0.1, 0.15) is 11.9 Å². The smallest absolute Gasteiger partial charge is 0.335 e. The summed E-state index contributed by atoms with van der Waals surface area (Å²) < 4.78 is 5.93. The Morgan fingerprint density at radius 1 is 1.29 bits per heavy atom. The molecular weight excluding hydrogens is 216 g/mol. The van der Waals surface area contributed by atoms with E-state index < -0.39 is 5.97 Å². The second-order valence-corrected chi connectivity index (χ2v) is 5.03. The molecule has 0 saturated heterocycles. The molecule has 3 nitrogen and oxygen atoms in total. The Morgan fingerprint density at radius 3 is 2.76 bits per heavy atom. The summed E-state index contributed by atoms with van der Waals surface area (Å²) in [6.07, 6.45) is 6.27. The minimum Gasteiger partial charge on any atom is -0.490 e. The van der Waals surface area contributed by atoms with Gasteiger partial charge in [0, 0.05) is 6.42 Å². The van der Waals surface area contributed by atoms with E-state index >= 15 is 0 Å². The molecule has 0 bridgehead atoms. The molecule has 1 aromatic rings. The van der Waals surface area contributed by atoms with Gasteiger partial charge in [-0.3, -0.25) is 0 Å². The second-order valence-electron chi connectivity index (χ2n) is 5.03. The maximum absolute atomic E-state index is 10.9. The fourth-order valence-electron chi connectivity index (χ4n) is 3.00. The molecule has 3 rings (SSSR count). The molecule has 0 radical (unpaired) electrons. The molecule has 3 heteroatoms. The lowest BCUT2D eigenvalue weighted by Crippen LogP contribution is -2.22. The van der Waals surface area contributed by atoms with Crippen molar-refractivity contribution in [2.45, 2.75) is 38.2 Å². The standard InChI is InChI=1S/C14H16O3/c15-14(16)10-5-6-12-11(7-10)8-13(17-12)9-3-1-2-4-9/h5-7,9,13H,1-4,8H2,(H,15,16). The molecule has 0 amide bonds. The summed E-state index contributed by atoms with van der Waals surface area (Å²) in [6, 6.07) is 5.18. The molecule has 90 valence electrons. The number of aromatic carboxylic acids is 1. The summed E-state index contributed by atoms with van der Waals surface area (Å²) in [4.78, 5) is 10.9. The lowest BCUT2D eigenvalue weighted by molar-refractivity contribution is 0.0697. The van der Waals surface area contributed by atoms with Crippen molar-refractivity contribution in [1.29, 1.82) is 0 Å². The summed E-state index contributed by atoms with van der Waals surface area (Å²) in [6.45, 7) is 0. The van der Waals surface area contributed by atoms with Crippen molar-refractivity contribution in [2.75, 3.05) is 0 Å². The molecule has 1 aliphatic heterocycles. The molecule has 1 N–H and O–H groups in total. The Kier molecular flexibility index (Phi) is 2.54. The topological polar surface area (TPSA) is 46.5 Å². The molecule has 2 aliphatic rings. The monoisotopic (exact) mass is 232 g/mol. The number of benzene rings is 1. The predicted molar refractivity (Wildman–Crippen MR) is 63.5 cm³/mol. The summed E-state index contributed by atoms with van der Waals surface area (Å²) in [5, 5.41) is 8.95. The van der Waals surface area contributed by atoms with Crippen LogP contribution in [0.3, 0.4) is 0 Å². The lowest BCUT2D eigenvalue weighted by Gasteiger charge is -2.17. The highest BCUT2D eigenvalue weighted by Crippen LogP contribution is 2.38. The van der Waals surface area contributed by atoms with Crippen LogP contribution in [0.1, 0.15) is 41.6 Å². The SMILES string of the molecule is O=C(O)c1ccc2c(c1)CC(C1CCCC1)O2. The summed E-state index contributed by atoms with van der Waals surface area (Å²) >= 11 is 0. The van der Waals surface area contributed by atoms with Crippen LogP contribution in [0.5, 0.6) is 5.75 Å². The van der Waals surface area contributed by atoms with Crippen molar-refractivity contribution in [1.82, 2.24) is 0 Å². The molecule has 0 aromatic heterocycles. The van der Waals surface area contributed by atoms with Crippen LogP contribution in [0.2, 0.25) is 0 Å². The molecule has 1 unspecified atom stereocenters.